The van der Waals surface area contributed by atoms with Crippen LogP contribution in [-0.2, 0) is 11.3 Å². The number of ether oxygens (including phenoxy) is 1. The summed E-state index contributed by atoms with van der Waals surface area (Å²) in [4.78, 5) is 2.68. The lowest BCUT2D eigenvalue weighted by Crippen LogP contribution is -2.46. The van der Waals surface area contributed by atoms with Crippen LogP contribution in [0.15, 0.2) is 85.1 Å². The Morgan fingerprint density at radius 1 is 0.743 bits per heavy atom. The first-order valence-electron chi connectivity index (χ1n) is 12.6. The number of hydrogen-bond donors (Lipinski definition) is 0. The third kappa shape index (κ3) is 4.63. The minimum atomic E-state index is -0.335. The van der Waals surface area contributed by atoms with Gasteiger partial charge in [0.1, 0.15) is 17.7 Å². The average Bonchev–Trinajstić information content (AvgIpc) is 3.39. The summed E-state index contributed by atoms with van der Waals surface area (Å²) in [6.07, 6.45) is 6.36. The topological polar surface area (TPSA) is 17.4 Å². The number of benzene rings is 3. The molecule has 2 fully saturated rings. The molecule has 3 heterocycles. The van der Waals surface area contributed by atoms with Crippen LogP contribution in [0.2, 0.25) is 0 Å². The van der Waals surface area contributed by atoms with Crippen molar-refractivity contribution < 1.29 is 13.5 Å². The molecule has 0 spiro atoms. The number of piperidine rings is 1. The molecule has 0 amide bonds. The molecule has 2 aliphatic heterocycles. The minimum absolute atomic E-state index is 0.122. The Bertz CT molecular complexity index is 1220. The molecule has 3 aromatic carbocycles. The Balaban J connectivity index is 1.15. The van der Waals surface area contributed by atoms with Crippen LogP contribution in [0.1, 0.15) is 42.9 Å². The fraction of sp³-hybridized carbons (Fsp3) is 0.333. The summed E-state index contributed by atoms with van der Waals surface area (Å²) in [6, 6.07) is 24.7. The monoisotopic (exact) mass is 472 g/mol. The van der Waals surface area contributed by atoms with E-state index in [0.717, 1.165) is 37.1 Å². The van der Waals surface area contributed by atoms with Crippen LogP contribution < -0.4 is 0 Å². The van der Waals surface area contributed by atoms with Gasteiger partial charge in [-0.2, -0.15) is 0 Å². The van der Waals surface area contributed by atoms with Crippen molar-refractivity contribution in [3.8, 4) is 0 Å². The van der Waals surface area contributed by atoms with E-state index in [9.17, 15) is 8.78 Å². The highest BCUT2D eigenvalue weighted by Gasteiger charge is 2.41. The summed E-state index contributed by atoms with van der Waals surface area (Å²) in [5, 5.41) is 1.29. The van der Waals surface area contributed by atoms with Gasteiger partial charge in [0, 0.05) is 36.9 Å². The molecule has 3 atom stereocenters. The zero-order valence-corrected chi connectivity index (χ0v) is 19.7. The van der Waals surface area contributed by atoms with Gasteiger partial charge in [-0.15, -0.1) is 0 Å². The second-order valence-electron chi connectivity index (χ2n) is 9.90. The number of nitrogens with zero attached hydrogens (tertiary/aromatic N) is 2. The fourth-order valence-electron chi connectivity index (χ4n) is 6.08. The molecule has 2 bridgehead atoms. The van der Waals surface area contributed by atoms with Crippen molar-refractivity contribution in [3.63, 3.8) is 0 Å². The highest BCUT2D eigenvalue weighted by atomic mass is 19.1. The van der Waals surface area contributed by atoms with Crippen molar-refractivity contribution in [3.05, 3.63) is 108 Å². The van der Waals surface area contributed by atoms with Gasteiger partial charge in [-0.3, -0.25) is 4.90 Å². The maximum absolute atomic E-state index is 13.6. The molecule has 1 aromatic heterocycles. The van der Waals surface area contributed by atoms with Gasteiger partial charge in [-0.05, 0) is 78.6 Å². The van der Waals surface area contributed by atoms with Gasteiger partial charge in [-0.25, -0.2) is 8.78 Å². The molecule has 35 heavy (non-hydrogen) atoms. The van der Waals surface area contributed by atoms with Gasteiger partial charge < -0.3 is 9.30 Å². The van der Waals surface area contributed by atoms with E-state index in [1.165, 1.54) is 48.0 Å². The molecular weight excluding hydrogens is 442 g/mol. The normalized spacial score (nSPS) is 22.3. The van der Waals surface area contributed by atoms with E-state index < -0.39 is 0 Å². The minimum Gasteiger partial charge on any atom is -0.365 e. The number of hydrogen-bond acceptors (Lipinski definition) is 2. The molecule has 5 heteroatoms. The summed E-state index contributed by atoms with van der Waals surface area (Å²) < 4.78 is 36.2. The quantitative estimate of drug-likeness (QED) is 0.297. The van der Waals surface area contributed by atoms with Crippen molar-refractivity contribution in [2.24, 2.45) is 0 Å². The molecule has 2 saturated heterocycles. The van der Waals surface area contributed by atoms with E-state index >= 15 is 0 Å². The zero-order chi connectivity index (χ0) is 23.8. The number of rotatable bonds is 7. The number of para-hydroxylation sites is 1. The molecule has 0 saturated carbocycles. The molecule has 1 unspecified atom stereocenters. The SMILES string of the molecule is Fc1ccc(C(OC2C[C@H]3CC[C@@H](C2)N3CCn2ccc3ccccc32)c2ccc(F)cc2)cc1. The largest absolute Gasteiger partial charge is 0.365 e. The predicted molar refractivity (Wildman–Crippen MR) is 134 cm³/mol. The standard InChI is InChI=1S/C30H30F2N2O/c31-24-9-5-22(6-10-24)30(23-7-11-25(32)12-8-23)35-28-19-26-13-14-27(20-28)34(26)18-17-33-16-15-21-3-1-2-4-29(21)33/h1-12,15-16,26-28,30H,13-14,17-20H2/t26-,27+,28?. The zero-order valence-electron chi connectivity index (χ0n) is 19.7. The van der Waals surface area contributed by atoms with E-state index in [1.54, 1.807) is 24.3 Å². The Morgan fingerprint density at radius 2 is 1.34 bits per heavy atom. The van der Waals surface area contributed by atoms with Gasteiger partial charge in [-0.1, -0.05) is 42.5 Å². The van der Waals surface area contributed by atoms with Crippen LogP contribution >= 0.6 is 0 Å². The first kappa shape index (κ1) is 22.4. The van der Waals surface area contributed by atoms with E-state index in [1.807, 2.05) is 0 Å². The highest BCUT2D eigenvalue weighted by Crippen LogP contribution is 2.39. The van der Waals surface area contributed by atoms with Gasteiger partial charge in [0.2, 0.25) is 0 Å². The van der Waals surface area contributed by atoms with E-state index in [4.69, 9.17) is 4.74 Å². The van der Waals surface area contributed by atoms with Crippen molar-refractivity contribution >= 4 is 10.9 Å². The molecule has 4 aromatic rings. The van der Waals surface area contributed by atoms with Crippen molar-refractivity contribution in [1.82, 2.24) is 9.47 Å². The van der Waals surface area contributed by atoms with Gasteiger partial charge in [0.05, 0.1) is 6.10 Å². The number of fused-ring (bicyclic) bond motifs is 3. The summed E-state index contributed by atoms with van der Waals surface area (Å²) >= 11 is 0. The third-order valence-electron chi connectivity index (χ3n) is 7.79. The van der Waals surface area contributed by atoms with Crippen molar-refractivity contribution in [2.75, 3.05) is 6.54 Å². The van der Waals surface area contributed by atoms with Gasteiger partial charge >= 0.3 is 0 Å². The van der Waals surface area contributed by atoms with E-state index in [0.29, 0.717) is 12.1 Å². The maximum Gasteiger partial charge on any atom is 0.123 e. The molecule has 6 rings (SSSR count). The Morgan fingerprint density at radius 3 is 1.97 bits per heavy atom. The summed E-state index contributed by atoms with van der Waals surface area (Å²) in [5.74, 6) is -0.540. The van der Waals surface area contributed by atoms with Gasteiger partial charge in [0.25, 0.3) is 0 Å². The Labute approximate surface area is 204 Å². The molecule has 0 radical (unpaired) electrons. The Hall–Kier alpha value is -3.02. The summed E-state index contributed by atoms with van der Waals surface area (Å²) in [5.41, 5.74) is 3.08. The van der Waals surface area contributed by atoms with Crippen LogP contribution in [0.4, 0.5) is 8.78 Å². The van der Waals surface area contributed by atoms with Crippen LogP contribution in [0.3, 0.4) is 0 Å². The van der Waals surface area contributed by atoms with E-state index in [2.05, 4.69) is 46.0 Å². The summed E-state index contributed by atoms with van der Waals surface area (Å²) in [7, 11) is 0. The summed E-state index contributed by atoms with van der Waals surface area (Å²) in [6.45, 7) is 2.03. The highest BCUT2D eigenvalue weighted by molar-refractivity contribution is 5.79. The number of halogens is 2. The van der Waals surface area contributed by atoms with Crippen LogP contribution in [0.25, 0.3) is 10.9 Å². The molecule has 0 aliphatic carbocycles. The van der Waals surface area contributed by atoms with Crippen molar-refractivity contribution in [2.45, 2.75) is 56.5 Å². The second-order valence-corrected chi connectivity index (χ2v) is 9.90. The first-order chi connectivity index (χ1) is 17.1. The smallest absolute Gasteiger partial charge is 0.123 e. The van der Waals surface area contributed by atoms with Crippen LogP contribution in [-0.4, -0.2) is 34.2 Å². The first-order valence-corrected chi connectivity index (χ1v) is 12.6. The molecule has 3 nitrogen and oxygen atoms in total. The lowest BCUT2D eigenvalue weighted by Gasteiger charge is -2.40. The van der Waals surface area contributed by atoms with Gasteiger partial charge in [0.15, 0.2) is 0 Å². The lowest BCUT2D eigenvalue weighted by molar-refractivity contribution is -0.0486. The fourth-order valence-corrected chi connectivity index (χ4v) is 6.08. The average molecular weight is 473 g/mol. The van der Waals surface area contributed by atoms with E-state index in [-0.39, 0.29) is 23.8 Å². The second kappa shape index (κ2) is 9.56. The maximum atomic E-state index is 13.6. The number of aromatic nitrogens is 1. The lowest BCUT2D eigenvalue weighted by atomic mass is 9.97. The predicted octanol–water partition coefficient (Wildman–Crippen LogP) is 6.72. The van der Waals surface area contributed by atoms with Crippen LogP contribution in [0, 0.1) is 11.6 Å². The molecule has 180 valence electrons. The molecule has 2 aliphatic rings. The molecule has 0 N–H and O–H groups in total. The van der Waals surface area contributed by atoms with Crippen molar-refractivity contribution in [1.29, 1.82) is 0 Å². The third-order valence-corrected chi connectivity index (χ3v) is 7.79. The Kier molecular flexibility index (Phi) is 6.13. The molecular formula is C30H30F2N2O. The van der Waals surface area contributed by atoms with Crippen LogP contribution in [0.5, 0.6) is 0 Å².